The molecule has 0 spiro atoms. The molecular weight excluding hydrogens is 636 g/mol. The van der Waals surface area contributed by atoms with Crippen LogP contribution in [-0.2, 0) is 23.9 Å². The second-order valence-corrected chi connectivity index (χ2v) is 14.8. The second-order valence-electron chi connectivity index (χ2n) is 14.8. The van der Waals surface area contributed by atoms with Gasteiger partial charge >= 0.3 is 23.9 Å². The first-order valence-electron chi connectivity index (χ1n) is 20.6. The highest BCUT2D eigenvalue weighted by atomic mass is 16.6. The minimum Gasteiger partial charge on any atom is -0.481 e. The molecule has 9 heteroatoms. The van der Waals surface area contributed by atoms with Gasteiger partial charge in [0, 0.05) is 12.8 Å². The lowest BCUT2D eigenvalue weighted by molar-refractivity contribution is -0.162. The molecule has 50 heavy (non-hydrogen) atoms. The number of rotatable bonds is 39. The third-order valence-corrected chi connectivity index (χ3v) is 10.2. The fourth-order valence-corrected chi connectivity index (χ4v) is 7.01. The number of aliphatic carboxylic acids is 3. The molecule has 0 radical (unpaired) electrons. The number of hydrogen-bond donors (Lipinski definition) is 4. The number of ether oxygens (including phenoxy) is 1. The van der Waals surface area contributed by atoms with Gasteiger partial charge in [-0.2, -0.15) is 0 Å². The van der Waals surface area contributed by atoms with Gasteiger partial charge in [-0.25, -0.2) is 0 Å². The highest BCUT2D eigenvalue weighted by Gasteiger charge is 2.40. The van der Waals surface area contributed by atoms with E-state index in [1.165, 1.54) is 103 Å². The summed E-state index contributed by atoms with van der Waals surface area (Å²) < 4.78 is 5.38. The van der Waals surface area contributed by atoms with Crippen molar-refractivity contribution in [1.29, 1.82) is 0 Å². The Morgan fingerprint density at radius 3 is 1.14 bits per heavy atom. The Balaban J connectivity index is 4.60. The van der Waals surface area contributed by atoms with E-state index < -0.39 is 42.0 Å². The molecular formula is C41H76O9. The standard InChI is InChI=1S/C41H76O9/c1-2-3-4-5-6-7-8-9-12-15-18-21-24-27-32-41(40(48)49,34-36(35-42)50-39(47)31-30-38(45)46)33-28-25-22-19-16-13-10-11-14-17-20-23-26-29-37(43)44/h36,42H,2-35H2,1H3,(H,43,44)(H,45,46)(H,48,49). The van der Waals surface area contributed by atoms with E-state index in [4.69, 9.17) is 14.9 Å². The van der Waals surface area contributed by atoms with E-state index in [0.29, 0.717) is 12.8 Å². The maximum atomic E-state index is 12.8. The predicted octanol–water partition coefficient (Wildman–Crippen LogP) is 11.0. The molecule has 4 N–H and O–H groups in total. The van der Waals surface area contributed by atoms with Crippen molar-refractivity contribution in [1.82, 2.24) is 0 Å². The van der Waals surface area contributed by atoms with Crippen LogP contribution in [0, 0.1) is 5.41 Å². The van der Waals surface area contributed by atoms with Crippen LogP contribution in [0.25, 0.3) is 0 Å². The Bertz CT molecular complexity index is 846. The van der Waals surface area contributed by atoms with E-state index in [-0.39, 0.29) is 25.7 Å². The Labute approximate surface area is 304 Å². The molecule has 0 aromatic carbocycles. The normalized spacial score (nSPS) is 13.2. The van der Waals surface area contributed by atoms with Gasteiger partial charge in [0.25, 0.3) is 0 Å². The molecule has 0 bridgehead atoms. The summed E-state index contributed by atoms with van der Waals surface area (Å²) >= 11 is 0. The first-order chi connectivity index (χ1) is 24.2. The first-order valence-corrected chi connectivity index (χ1v) is 20.6. The van der Waals surface area contributed by atoms with Gasteiger partial charge < -0.3 is 25.2 Å². The van der Waals surface area contributed by atoms with Crippen LogP contribution >= 0.6 is 0 Å². The molecule has 0 amide bonds. The van der Waals surface area contributed by atoms with Crippen molar-refractivity contribution < 1.29 is 44.3 Å². The van der Waals surface area contributed by atoms with Gasteiger partial charge in [-0.1, -0.05) is 174 Å². The van der Waals surface area contributed by atoms with Crippen molar-refractivity contribution in [3.05, 3.63) is 0 Å². The molecule has 0 saturated carbocycles. The first kappa shape index (κ1) is 47.8. The fraction of sp³-hybridized carbons (Fsp3) is 0.902. The number of unbranched alkanes of at least 4 members (excludes halogenated alkanes) is 25. The van der Waals surface area contributed by atoms with Gasteiger partial charge in [0.15, 0.2) is 0 Å². The van der Waals surface area contributed by atoms with Gasteiger partial charge in [-0.05, 0) is 19.3 Å². The van der Waals surface area contributed by atoms with Gasteiger partial charge in [0.1, 0.15) is 6.10 Å². The number of esters is 1. The minimum absolute atomic E-state index is 0.0373. The summed E-state index contributed by atoms with van der Waals surface area (Å²) in [5, 5.41) is 38.1. The Morgan fingerprint density at radius 2 is 0.820 bits per heavy atom. The fourth-order valence-electron chi connectivity index (χ4n) is 7.01. The largest absolute Gasteiger partial charge is 0.481 e. The van der Waals surface area contributed by atoms with Gasteiger partial charge in [-0.15, -0.1) is 0 Å². The zero-order valence-corrected chi connectivity index (χ0v) is 31.9. The summed E-state index contributed by atoms with van der Waals surface area (Å²) in [7, 11) is 0. The lowest BCUT2D eigenvalue weighted by atomic mass is 9.73. The monoisotopic (exact) mass is 713 g/mol. The van der Waals surface area contributed by atoms with Crippen LogP contribution in [-0.4, -0.2) is 57.0 Å². The quantitative estimate of drug-likeness (QED) is 0.0359. The molecule has 2 unspecified atom stereocenters. The molecule has 0 aromatic heterocycles. The molecule has 0 fully saturated rings. The predicted molar refractivity (Wildman–Crippen MR) is 200 cm³/mol. The smallest absolute Gasteiger partial charge is 0.309 e. The number of carbonyl (C=O) groups is 4. The van der Waals surface area contributed by atoms with Gasteiger partial charge in [-0.3, -0.25) is 19.2 Å². The molecule has 9 nitrogen and oxygen atoms in total. The molecule has 0 rings (SSSR count). The van der Waals surface area contributed by atoms with Crippen molar-refractivity contribution in [2.75, 3.05) is 6.61 Å². The van der Waals surface area contributed by atoms with E-state index >= 15 is 0 Å². The van der Waals surface area contributed by atoms with E-state index in [1.807, 2.05) is 0 Å². The van der Waals surface area contributed by atoms with Crippen LogP contribution in [0.15, 0.2) is 0 Å². The molecule has 2 atom stereocenters. The Hall–Kier alpha value is -2.16. The molecule has 0 heterocycles. The number of aliphatic hydroxyl groups excluding tert-OH is 1. The zero-order valence-electron chi connectivity index (χ0n) is 31.9. The third-order valence-electron chi connectivity index (χ3n) is 10.2. The molecule has 0 aromatic rings. The summed E-state index contributed by atoms with van der Waals surface area (Å²) in [4.78, 5) is 46.5. The highest BCUT2D eigenvalue weighted by molar-refractivity contribution is 5.77. The van der Waals surface area contributed by atoms with Crippen LogP contribution in [0.3, 0.4) is 0 Å². The van der Waals surface area contributed by atoms with Gasteiger partial charge in [0.2, 0.25) is 0 Å². The Morgan fingerprint density at radius 1 is 0.480 bits per heavy atom. The molecule has 0 aliphatic heterocycles. The maximum absolute atomic E-state index is 12.8. The Kier molecular flexibility index (Phi) is 32.5. The van der Waals surface area contributed by atoms with Crippen molar-refractivity contribution >= 4 is 23.9 Å². The minimum atomic E-state index is -1.11. The van der Waals surface area contributed by atoms with Crippen LogP contribution < -0.4 is 0 Å². The van der Waals surface area contributed by atoms with E-state index in [9.17, 15) is 29.4 Å². The maximum Gasteiger partial charge on any atom is 0.309 e. The summed E-state index contributed by atoms with van der Waals surface area (Å²) in [6, 6.07) is 0. The van der Waals surface area contributed by atoms with Gasteiger partial charge in [0.05, 0.1) is 24.9 Å². The summed E-state index contributed by atoms with van der Waals surface area (Å²) in [5.41, 5.74) is -1.09. The van der Waals surface area contributed by atoms with Crippen LogP contribution in [0.2, 0.25) is 0 Å². The van der Waals surface area contributed by atoms with E-state index in [2.05, 4.69) is 6.92 Å². The van der Waals surface area contributed by atoms with Crippen molar-refractivity contribution in [2.24, 2.45) is 5.41 Å². The average molecular weight is 713 g/mol. The molecule has 0 aliphatic carbocycles. The van der Waals surface area contributed by atoms with E-state index in [1.54, 1.807) is 0 Å². The summed E-state index contributed by atoms with van der Waals surface area (Å²) in [6.07, 6.45) is 30.6. The van der Waals surface area contributed by atoms with Crippen molar-refractivity contribution in [3.63, 3.8) is 0 Å². The number of carboxylic acids is 3. The molecule has 294 valence electrons. The van der Waals surface area contributed by atoms with Crippen molar-refractivity contribution in [3.8, 4) is 0 Å². The number of hydrogen-bond acceptors (Lipinski definition) is 6. The number of aliphatic hydroxyl groups is 1. The highest BCUT2D eigenvalue weighted by Crippen LogP contribution is 2.38. The number of carboxylic acid groups (broad SMARTS) is 3. The topological polar surface area (TPSA) is 158 Å². The lowest BCUT2D eigenvalue weighted by Crippen LogP contribution is -2.38. The summed E-state index contributed by atoms with van der Waals surface area (Å²) in [6.45, 7) is 1.76. The van der Waals surface area contributed by atoms with Crippen LogP contribution in [0.4, 0.5) is 0 Å². The average Bonchev–Trinajstić information content (AvgIpc) is 3.08. The third kappa shape index (κ3) is 29.6. The van der Waals surface area contributed by atoms with Crippen molar-refractivity contribution in [2.45, 2.75) is 225 Å². The SMILES string of the molecule is CCCCCCCCCCCCCCCCC(CCCCCCCCCCCCCCCC(=O)O)(CC(CO)OC(=O)CCC(=O)O)C(=O)O. The zero-order chi connectivity index (χ0) is 37.1. The molecule has 0 aliphatic rings. The number of carbonyl (C=O) groups excluding carboxylic acids is 1. The van der Waals surface area contributed by atoms with E-state index in [0.717, 1.165) is 70.6 Å². The van der Waals surface area contributed by atoms with Crippen LogP contribution in [0.5, 0.6) is 0 Å². The summed E-state index contributed by atoms with van der Waals surface area (Å²) in [5.74, 6) is -3.45. The molecule has 0 saturated heterocycles. The second kappa shape index (κ2) is 34.0. The lowest BCUT2D eigenvalue weighted by Gasteiger charge is -2.33. The van der Waals surface area contributed by atoms with Crippen LogP contribution in [0.1, 0.15) is 219 Å².